The number of likely N-dealkylation sites (tertiary alicyclic amines) is 1. The highest BCUT2D eigenvalue weighted by Crippen LogP contribution is 2.17. The lowest BCUT2D eigenvalue weighted by Gasteiger charge is -2.35. The van der Waals surface area contributed by atoms with E-state index in [0.717, 1.165) is 25.9 Å². The number of carbonyl (C=O) groups excluding carboxylic acids is 2. The summed E-state index contributed by atoms with van der Waals surface area (Å²) >= 11 is 0. The fourth-order valence-electron chi connectivity index (χ4n) is 3.10. The van der Waals surface area contributed by atoms with Crippen LogP contribution in [0, 0.1) is 0 Å². The maximum absolute atomic E-state index is 12.7. The molecule has 0 saturated carbocycles. The predicted octanol–water partition coefficient (Wildman–Crippen LogP) is 1.87. The SMILES string of the molecule is COCCNCC(=O)Nc1ccc(C(=O)N(C)C2CCCN(C)C2)cc1.Cl.Cl. The molecule has 1 aliphatic heterocycles. The molecule has 1 heterocycles. The Balaban J connectivity index is 0.00000364. The molecule has 1 aromatic rings. The van der Waals surface area contributed by atoms with Gasteiger partial charge in [-0.25, -0.2) is 0 Å². The average Bonchev–Trinajstić information content (AvgIpc) is 2.65. The van der Waals surface area contributed by atoms with Crippen LogP contribution in [0.5, 0.6) is 0 Å². The van der Waals surface area contributed by atoms with Gasteiger partial charge in [-0.05, 0) is 50.7 Å². The van der Waals surface area contributed by atoms with Crippen molar-refractivity contribution < 1.29 is 14.3 Å². The Kier molecular flexibility index (Phi) is 13.1. The van der Waals surface area contributed by atoms with Gasteiger partial charge in [0.2, 0.25) is 5.91 Å². The summed E-state index contributed by atoms with van der Waals surface area (Å²) in [6.07, 6.45) is 2.15. The molecule has 160 valence electrons. The van der Waals surface area contributed by atoms with Gasteiger partial charge in [0, 0.05) is 44.5 Å². The molecule has 1 unspecified atom stereocenters. The molecule has 0 bridgehead atoms. The zero-order chi connectivity index (χ0) is 18.9. The van der Waals surface area contributed by atoms with Gasteiger partial charge in [0.15, 0.2) is 0 Å². The molecule has 0 radical (unpaired) electrons. The quantitative estimate of drug-likeness (QED) is 0.610. The number of nitrogens with zero attached hydrogens (tertiary/aromatic N) is 2. The molecule has 1 aromatic carbocycles. The Labute approximate surface area is 180 Å². The number of hydrogen-bond donors (Lipinski definition) is 2. The normalized spacial score (nSPS) is 16.5. The number of likely N-dealkylation sites (N-methyl/N-ethyl adjacent to an activating group) is 2. The van der Waals surface area contributed by atoms with Crippen LogP contribution in [0.3, 0.4) is 0 Å². The van der Waals surface area contributed by atoms with Gasteiger partial charge < -0.3 is 25.2 Å². The summed E-state index contributed by atoms with van der Waals surface area (Å²) in [6.45, 7) is 3.41. The minimum absolute atomic E-state index is 0. The van der Waals surface area contributed by atoms with E-state index < -0.39 is 0 Å². The van der Waals surface area contributed by atoms with Crippen molar-refractivity contribution in [3.8, 4) is 0 Å². The van der Waals surface area contributed by atoms with E-state index in [2.05, 4.69) is 22.6 Å². The highest BCUT2D eigenvalue weighted by atomic mass is 35.5. The molecule has 9 heteroatoms. The lowest BCUT2D eigenvalue weighted by atomic mass is 10.0. The van der Waals surface area contributed by atoms with Gasteiger partial charge in [0.25, 0.3) is 5.91 Å². The predicted molar refractivity (Wildman–Crippen MR) is 117 cm³/mol. The van der Waals surface area contributed by atoms with E-state index in [9.17, 15) is 9.59 Å². The van der Waals surface area contributed by atoms with Crippen LogP contribution in [0.25, 0.3) is 0 Å². The van der Waals surface area contributed by atoms with E-state index in [1.54, 1.807) is 31.4 Å². The summed E-state index contributed by atoms with van der Waals surface area (Å²) in [5.41, 5.74) is 1.32. The summed E-state index contributed by atoms with van der Waals surface area (Å²) in [5.74, 6) is -0.105. The zero-order valence-electron chi connectivity index (χ0n) is 16.8. The van der Waals surface area contributed by atoms with Gasteiger partial charge in [-0.15, -0.1) is 24.8 Å². The van der Waals surface area contributed by atoms with Gasteiger partial charge in [0.1, 0.15) is 0 Å². The molecule has 1 aliphatic rings. The second-order valence-electron chi connectivity index (χ2n) is 6.77. The number of benzene rings is 1. The molecule has 2 N–H and O–H groups in total. The summed E-state index contributed by atoms with van der Waals surface area (Å²) in [4.78, 5) is 28.6. The first kappa shape index (κ1) is 26.6. The minimum atomic E-state index is -0.123. The van der Waals surface area contributed by atoms with Crippen LogP contribution in [-0.2, 0) is 9.53 Å². The van der Waals surface area contributed by atoms with Crippen LogP contribution in [0.2, 0.25) is 0 Å². The molecule has 0 aliphatic carbocycles. The third-order valence-corrected chi connectivity index (χ3v) is 4.65. The molecule has 2 amide bonds. The first-order valence-corrected chi connectivity index (χ1v) is 9.06. The van der Waals surface area contributed by atoms with Crippen LogP contribution in [0.4, 0.5) is 5.69 Å². The van der Waals surface area contributed by atoms with Crippen molar-refractivity contribution >= 4 is 42.3 Å². The Hall–Kier alpha value is -1.38. The largest absolute Gasteiger partial charge is 0.383 e. The standard InChI is InChI=1S/C19H30N4O3.2ClH/c1-22-11-4-5-17(14-22)23(2)19(25)15-6-8-16(9-7-15)21-18(24)13-20-10-12-26-3;;/h6-9,17,20H,4-5,10-14H2,1-3H3,(H,21,24);2*1H. The van der Waals surface area contributed by atoms with E-state index in [0.29, 0.717) is 24.4 Å². The van der Waals surface area contributed by atoms with Crippen LogP contribution in [0.1, 0.15) is 23.2 Å². The van der Waals surface area contributed by atoms with E-state index in [-0.39, 0.29) is 49.2 Å². The van der Waals surface area contributed by atoms with Crippen molar-refractivity contribution in [2.75, 3.05) is 59.3 Å². The summed E-state index contributed by atoms with van der Waals surface area (Å²) in [6, 6.07) is 7.31. The number of ether oxygens (including phenoxy) is 1. The van der Waals surface area contributed by atoms with Crippen molar-refractivity contribution in [2.24, 2.45) is 0 Å². The van der Waals surface area contributed by atoms with Crippen LogP contribution < -0.4 is 10.6 Å². The van der Waals surface area contributed by atoms with Gasteiger partial charge in [-0.2, -0.15) is 0 Å². The minimum Gasteiger partial charge on any atom is -0.383 e. The lowest BCUT2D eigenvalue weighted by molar-refractivity contribution is -0.115. The topological polar surface area (TPSA) is 73.9 Å². The average molecular weight is 435 g/mol. The smallest absolute Gasteiger partial charge is 0.253 e. The van der Waals surface area contributed by atoms with Gasteiger partial charge in [-0.3, -0.25) is 9.59 Å². The number of halogens is 2. The number of amides is 2. The number of nitrogens with one attached hydrogen (secondary N) is 2. The van der Waals surface area contributed by atoms with Crippen molar-refractivity contribution in [3.63, 3.8) is 0 Å². The lowest BCUT2D eigenvalue weighted by Crippen LogP contribution is -2.47. The van der Waals surface area contributed by atoms with Gasteiger partial charge in [0.05, 0.1) is 13.2 Å². The van der Waals surface area contributed by atoms with Crippen molar-refractivity contribution in [1.82, 2.24) is 15.1 Å². The second-order valence-corrected chi connectivity index (χ2v) is 6.77. The third kappa shape index (κ3) is 8.32. The molecule has 0 spiro atoms. The van der Waals surface area contributed by atoms with Gasteiger partial charge in [-0.1, -0.05) is 0 Å². The van der Waals surface area contributed by atoms with E-state index in [4.69, 9.17) is 4.74 Å². The molecule has 1 atom stereocenters. The first-order chi connectivity index (χ1) is 12.5. The van der Waals surface area contributed by atoms with Crippen molar-refractivity contribution in [2.45, 2.75) is 18.9 Å². The van der Waals surface area contributed by atoms with Crippen LogP contribution in [0.15, 0.2) is 24.3 Å². The molecular formula is C19H32Cl2N4O3. The van der Waals surface area contributed by atoms with Crippen molar-refractivity contribution in [3.05, 3.63) is 29.8 Å². The Bertz CT molecular complexity index is 601. The summed E-state index contributed by atoms with van der Waals surface area (Å²) in [5, 5.41) is 5.80. The molecule has 1 fully saturated rings. The van der Waals surface area contributed by atoms with E-state index in [1.165, 1.54) is 0 Å². The van der Waals surface area contributed by atoms with E-state index in [1.807, 2.05) is 11.9 Å². The third-order valence-electron chi connectivity index (χ3n) is 4.65. The fraction of sp³-hybridized carbons (Fsp3) is 0.579. The van der Waals surface area contributed by atoms with Crippen LogP contribution in [-0.4, -0.2) is 81.6 Å². The van der Waals surface area contributed by atoms with Crippen LogP contribution >= 0.6 is 24.8 Å². The molecule has 2 rings (SSSR count). The molecule has 0 aromatic heterocycles. The number of carbonyl (C=O) groups is 2. The Morgan fingerprint density at radius 3 is 2.54 bits per heavy atom. The number of rotatable bonds is 8. The highest BCUT2D eigenvalue weighted by molar-refractivity contribution is 5.96. The Morgan fingerprint density at radius 1 is 1.25 bits per heavy atom. The zero-order valence-corrected chi connectivity index (χ0v) is 18.4. The summed E-state index contributed by atoms with van der Waals surface area (Å²) in [7, 11) is 5.58. The molecular weight excluding hydrogens is 403 g/mol. The first-order valence-electron chi connectivity index (χ1n) is 9.06. The number of piperidine rings is 1. The second kappa shape index (κ2) is 13.7. The maximum Gasteiger partial charge on any atom is 0.253 e. The summed E-state index contributed by atoms with van der Waals surface area (Å²) < 4.78 is 4.91. The molecule has 28 heavy (non-hydrogen) atoms. The highest BCUT2D eigenvalue weighted by Gasteiger charge is 2.25. The molecule has 1 saturated heterocycles. The van der Waals surface area contributed by atoms with E-state index >= 15 is 0 Å². The molecule has 7 nitrogen and oxygen atoms in total. The Morgan fingerprint density at radius 2 is 1.93 bits per heavy atom. The monoisotopic (exact) mass is 434 g/mol. The van der Waals surface area contributed by atoms with Crippen molar-refractivity contribution in [1.29, 1.82) is 0 Å². The maximum atomic E-state index is 12.7. The number of methoxy groups -OCH3 is 1. The number of hydrogen-bond acceptors (Lipinski definition) is 5. The van der Waals surface area contributed by atoms with Gasteiger partial charge >= 0.3 is 0 Å². The fourth-order valence-corrected chi connectivity index (χ4v) is 3.10. The number of anilines is 1.